The summed E-state index contributed by atoms with van der Waals surface area (Å²) in [5.74, 6) is 0. The van der Waals surface area contributed by atoms with Gasteiger partial charge in [0, 0.05) is 36.6 Å². The van der Waals surface area contributed by atoms with Crippen molar-refractivity contribution in [2.75, 3.05) is 0 Å². The molecule has 1 aromatic carbocycles. The van der Waals surface area contributed by atoms with Gasteiger partial charge in [-0.05, 0) is 43.5 Å². The quantitative estimate of drug-likeness (QED) is 0.674. The second-order valence-corrected chi connectivity index (χ2v) is 5.21. The van der Waals surface area contributed by atoms with E-state index in [2.05, 4.69) is 10.3 Å². The zero-order chi connectivity index (χ0) is 15.4. The van der Waals surface area contributed by atoms with E-state index in [1.165, 1.54) is 5.56 Å². The third-order valence-electron chi connectivity index (χ3n) is 3.68. The Balaban J connectivity index is 2.10. The molecule has 0 radical (unpaired) electrons. The molecule has 1 atom stereocenters. The third kappa shape index (κ3) is 3.64. The summed E-state index contributed by atoms with van der Waals surface area (Å²) in [7, 11) is 0. The van der Waals surface area contributed by atoms with Crippen molar-refractivity contribution in [3.8, 4) is 0 Å². The molecule has 0 saturated carbocycles. The van der Waals surface area contributed by atoms with Crippen LogP contribution in [0.15, 0.2) is 36.7 Å². The van der Waals surface area contributed by atoms with Gasteiger partial charge in [-0.2, -0.15) is 0 Å². The Hall–Kier alpha value is -2.27. The van der Waals surface area contributed by atoms with Crippen molar-refractivity contribution in [1.29, 1.82) is 0 Å². The van der Waals surface area contributed by atoms with Crippen molar-refractivity contribution in [1.82, 2.24) is 10.3 Å². The van der Waals surface area contributed by atoms with E-state index in [4.69, 9.17) is 0 Å². The lowest BCUT2D eigenvalue weighted by Gasteiger charge is -2.15. The number of pyridine rings is 1. The Kier molecular flexibility index (Phi) is 4.65. The van der Waals surface area contributed by atoms with Crippen LogP contribution in [0.4, 0.5) is 5.69 Å². The van der Waals surface area contributed by atoms with Crippen molar-refractivity contribution >= 4 is 5.69 Å². The molecule has 21 heavy (non-hydrogen) atoms. The van der Waals surface area contributed by atoms with Crippen molar-refractivity contribution in [3.05, 3.63) is 69.0 Å². The molecular weight excluding hydrogens is 266 g/mol. The van der Waals surface area contributed by atoms with Crippen LogP contribution in [0.3, 0.4) is 0 Å². The SMILES string of the molecule is Cc1ccncc1CNC(C)c1ccc(C)c([N+](=O)[O-])c1. The van der Waals surface area contributed by atoms with Gasteiger partial charge in [0.25, 0.3) is 5.69 Å². The summed E-state index contributed by atoms with van der Waals surface area (Å²) in [6.07, 6.45) is 3.61. The molecule has 5 nitrogen and oxygen atoms in total. The minimum Gasteiger partial charge on any atom is -0.306 e. The number of rotatable bonds is 5. The Labute approximate surface area is 124 Å². The number of aromatic nitrogens is 1. The molecule has 0 aliphatic carbocycles. The fourth-order valence-electron chi connectivity index (χ4n) is 2.16. The van der Waals surface area contributed by atoms with Crippen LogP contribution in [0.25, 0.3) is 0 Å². The molecule has 2 aromatic rings. The van der Waals surface area contributed by atoms with E-state index in [0.717, 1.165) is 11.1 Å². The van der Waals surface area contributed by atoms with Crippen LogP contribution in [0, 0.1) is 24.0 Å². The number of hydrogen-bond donors (Lipinski definition) is 1. The molecule has 0 spiro atoms. The Bertz CT molecular complexity index is 656. The molecular formula is C16H19N3O2. The van der Waals surface area contributed by atoms with Crippen molar-refractivity contribution in [3.63, 3.8) is 0 Å². The van der Waals surface area contributed by atoms with Crippen molar-refractivity contribution in [2.24, 2.45) is 0 Å². The van der Waals surface area contributed by atoms with Gasteiger partial charge < -0.3 is 5.32 Å². The topological polar surface area (TPSA) is 68.1 Å². The van der Waals surface area contributed by atoms with Gasteiger partial charge in [0.1, 0.15) is 0 Å². The first-order valence-corrected chi connectivity index (χ1v) is 6.87. The Morgan fingerprint density at radius 3 is 2.71 bits per heavy atom. The molecule has 1 unspecified atom stereocenters. The molecule has 0 saturated heterocycles. The average Bonchev–Trinajstić information content (AvgIpc) is 2.46. The molecule has 0 aliphatic heterocycles. The fraction of sp³-hybridized carbons (Fsp3) is 0.312. The highest BCUT2D eigenvalue weighted by atomic mass is 16.6. The maximum Gasteiger partial charge on any atom is 0.272 e. The predicted molar refractivity (Wildman–Crippen MR) is 82.1 cm³/mol. The molecule has 1 heterocycles. The van der Waals surface area contributed by atoms with Crippen LogP contribution in [-0.4, -0.2) is 9.91 Å². The summed E-state index contributed by atoms with van der Waals surface area (Å²) in [6.45, 7) is 6.47. The normalized spacial score (nSPS) is 12.1. The predicted octanol–water partition coefficient (Wildman–Crippen LogP) is 3.46. The van der Waals surface area contributed by atoms with Crippen molar-refractivity contribution in [2.45, 2.75) is 33.4 Å². The standard InChI is InChI=1S/C16H19N3O2/c1-11-6-7-17-9-15(11)10-18-13(3)14-5-4-12(2)16(8-14)19(20)21/h4-9,13,18H,10H2,1-3H3. The number of benzene rings is 1. The van der Waals surface area contributed by atoms with Crippen LogP contribution in [-0.2, 0) is 6.54 Å². The molecule has 1 N–H and O–H groups in total. The number of nitrogens with zero attached hydrogens (tertiary/aromatic N) is 2. The highest BCUT2D eigenvalue weighted by Crippen LogP contribution is 2.23. The maximum atomic E-state index is 11.0. The number of nitrogens with one attached hydrogen (secondary N) is 1. The summed E-state index contributed by atoms with van der Waals surface area (Å²) in [5.41, 5.74) is 4.07. The summed E-state index contributed by atoms with van der Waals surface area (Å²) in [4.78, 5) is 14.8. The van der Waals surface area contributed by atoms with E-state index in [9.17, 15) is 10.1 Å². The van der Waals surface area contributed by atoms with Gasteiger partial charge >= 0.3 is 0 Å². The van der Waals surface area contributed by atoms with Crippen LogP contribution in [0.1, 0.15) is 35.2 Å². The number of nitro groups is 1. The summed E-state index contributed by atoms with van der Waals surface area (Å²) < 4.78 is 0. The molecule has 110 valence electrons. The second-order valence-electron chi connectivity index (χ2n) is 5.21. The highest BCUT2D eigenvalue weighted by molar-refractivity contribution is 5.43. The number of hydrogen-bond acceptors (Lipinski definition) is 4. The molecule has 0 fully saturated rings. The summed E-state index contributed by atoms with van der Waals surface area (Å²) in [6, 6.07) is 7.36. The van der Waals surface area contributed by atoms with Gasteiger partial charge in [-0.1, -0.05) is 12.1 Å². The van der Waals surface area contributed by atoms with Crippen LogP contribution < -0.4 is 5.32 Å². The summed E-state index contributed by atoms with van der Waals surface area (Å²) >= 11 is 0. The Morgan fingerprint density at radius 1 is 1.29 bits per heavy atom. The van der Waals surface area contributed by atoms with Gasteiger partial charge in [0.2, 0.25) is 0 Å². The van der Waals surface area contributed by atoms with Gasteiger partial charge in [-0.25, -0.2) is 0 Å². The lowest BCUT2D eigenvalue weighted by molar-refractivity contribution is -0.385. The highest BCUT2D eigenvalue weighted by Gasteiger charge is 2.14. The fourth-order valence-corrected chi connectivity index (χ4v) is 2.16. The first kappa shape index (κ1) is 15.1. The van der Waals surface area contributed by atoms with Gasteiger partial charge in [-0.3, -0.25) is 15.1 Å². The molecule has 0 bridgehead atoms. The van der Waals surface area contributed by atoms with Crippen LogP contribution >= 0.6 is 0 Å². The molecule has 0 amide bonds. The zero-order valence-electron chi connectivity index (χ0n) is 12.5. The first-order valence-electron chi connectivity index (χ1n) is 6.87. The van der Waals surface area contributed by atoms with E-state index in [1.807, 2.05) is 32.2 Å². The van der Waals surface area contributed by atoms with E-state index >= 15 is 0 Å². The Morgan fingerprint density at radius 2 is 2.05 bits per heavy atom. The number of aryl methyl sites for hydroxylation is 2. The van der Waals surface area contributed by atoms with Crippen LogP contribution in [0.5, 0.6) is 0 Å². The van der Waals surface area contributed by atoms with Gasteiger partial charge in [0.15, 0.2) is 0 Å². The van der Waals surface area contributed by atoms with Gasteiger partial charge in [-0.15, -0.1) is 0 Å². The average molecular weight is 285 g/mol. The van der Waals surface area contributed by atoms with Gasteiger partial charge in [0.05, 0.1) is 4.92 Å². The largest absolute Gasteiger partial charge is 0.306 e. The van der Waals surface area contributed by atoms with E-state index in [-0.39, 0.29) is 16.7 Å². The number of nitro benzene ring substituents is 1. The molecule has 1 aromatic heterocycles. The third-order valence-corrected chi connectivity index (χ3v) is 3.68. The lowest BCUT2D eigenvalue weighted by Crippen LogP contribution is -2.19. The minimum atomic E-state index is -0.336. The lowest BCUT2D eigenvalue weighted by atomic mass is 10.0. The first-order chi connectivity index (χ1) is 9.99. The molecule has 2 rings (SSSR count). The minimum absolute atomic E-state index is 0.0314. The molecule has 0 aliphatic rings. The smallest absolute Gasteiger partial charge is 0.272 e. The van der Waals surface area contributed by atoms with E-state index in [1.54, 1.807) is 25.3 Å². The summed E-state index contributed by atoms with van der Waals surface area (Å²) in [5, 5.41) is 14.4. The maximum absolute atomic E-state index is 11.0. The van der Waals surface area contributed by atoms with Crippen LogP contribution in [0.2, 0.25) is 0 Å². The van der Waals surface area contributed by atoms with E-state index in [0.29, 0.717) is 12.1 Å². The van der Waals surface area contributed by atoms with E-state index < -0.39 is 0 Å². The van der Waals surface area contributed by atoms with Crippen molar-refractivity contribution < 1.29 is 4.92 Å². The second kappa shape index (κ2) is 6.45. The zero-order valence-corrected chi connectivity index (χ0v) is 12.5. The monoisotopic (exact) mass is 285 g/mol. The molecule has 5 heteroatoms.